The van der Waals surface area contributed by atoms with Crippen LogP contribution >= 0.6 is 0 Å². The quantitative estimate of drug-likeness (QED) is 0.318. The molecule has 3 aliphatic heterocycles. The van der Waals surface area contributed by atoms with Crippen molar-refractivity contribution in [3.05, 3.63) is 56.5 Å². The zero-order valence-corrected chi connectivity index (χ0v) is 17.7. The minimum atomic E-state index is -2.12. The summed E-state index contributed by atoms with van der Waals surface area (Å²) in [6.45, 7) is 3.81. The van der Waals surface area contributed by atoms with E-state index in [1.54, 1.807) is 23.6 Å². The van der Waals surface area contributed by atoms with E-state index in [1.807, 2.05) is 6.92 Å². The van der Waals surface area contributed by atoms with Crippen LogP contribution in [0.15, 0.2) is 33.1 Å². The highest BCUT2D eigenvalue weighted by atomic mass is 16.6. The number of aromatic nitrogens is 1. The molecule has 0 aliphatic carbocycles. The third-order valence-corrected chi connectivity index (χ3v) is 6.86. The van der Waals surface area contributed by atoms with Crippen molar-refractivity contribution in [3.8, 4) is 5.75 Å². The van der Waals surface area contributed by atoms with Gasteiger partial charge in [0.25, 0.3) is 11.5 Å². The Morgan fingerprint density at radius 3 is 2.91 bits per heavy atom. The summed E-state index contributed by atoms with van der Waals surface area (Å²) in [6.07, 6.45) is 1.80. The van der Waals surface area contributed by atoms with Gasteiger partial charge in [0.1, 0.15) is 12.4 Å². The normalized spacial score (nSPS) is 26.0. The summed E-state index contributed by atoms with van der Waals surface area (Å²) >= 11 is 0. The molecule has 32 heavy (non-hydrogen) atoms. The largest absolute Gasteiger partial charge is 0.838 e. The summed E-state index contributed by atoms with van der Waals surface area (Å²) in [5, 5.41) is 35.7. The number of rotatable bonds is 2. The Morgan fingerprint density at radius 1 is 1.41 bits per heavy atom. The lowest BCUT2D eigenvalue weighted by Crippen LogP contribution is -2.53. The monoisotopic (exact) mass is 436 g/mol. The Hall–Kier alpha value is -3.46. The Labute approximate surface area is 183 Å². The maximum Gasteiger partial charge on any atom is 0.300 e. The van der Waals surface area contributed by atoms with Crippen LogP contribution in [0.3, 0.4) is 0 Å². The molecule has 0 radical (unpaired) electrons. The number of oxime groups is 1. The summed E-state index contributed by atoms with van der Waals surface area (Å²) in [5.74, 6) is -1.01. The number of hydrogen-bond acceptors (Lipinski definition) is 8. The first-order valence-corrected chi connectivity index (χ1v) is 10.6. The van der Waals surface area contributed by atoms with E-state index in [9.17, 15) is 19.8 Å². The van der Waals surface area contributed by atoms with Crippen molar-refractivity contribution in [2.75, 3.05) is 0 Å². The van der Waals surface area contributed by atoms with E-state index in [1.165, 1.54) is 12.3 Å². The Kier molecular flexibility index (Phi) is 4.49. The van der Waals surface area contributed by atoms with E-state index < -0.39 is 11.6 Å². The lowest BCUT2D eigenvalue weighted by atomic mass is 9.85. The van der Waals surface area contributed by atoms with Gasteiger partial charge in [-0.2, -0.15) is 0 Å². The molecule has 166 valence electrons. The van der Waals surface area contributed by atoms with Crippen LogP contribution < -0.4 is 10.7 Å². The fourth-order valence-electron chi connectivity index (χ4n) is 5.23. The number of pyridine rings is 1. The minimum absolute atomic E-state index is 0.0102. The number of cyclic esters (lactones) is 1. The molecule has 0 fully saturated rings. The predicted molar refractivity (Wildman–Crippen MR) is 113 cm³/mol. The number of nitrogens with zero attached hydrogens (tertiary/aromatic N) is 3. The molecule has 3 aliphatic rings. The van der Waals surface area contributed by atoms with Crippen LogP contribution in [0, 0.1) is 5.92 Å². The first-order chi connectivity index (χ1) is 15.3. The molecular weight excluding hydrogens is 414 g/mol. The summed E-state index contributed by atoms with van der Waals surface area (Å²) in [7, 11) is 0. The van der Waals surface area contributed by atoms with Crippen LogP contribution in [0.5, 0.6) is 5.75 Å². The first-order valence-electron chi connectivity index (χ1n) is 10.6. The second kappa shape index (κ2) is 7.03. The predicted octanol–water partition coefficient (Wildman–Crippen LogP) is 1.64. The topological polar surface area (TPSA) is 137 Å². The zero-order valence-electron chi connectivity index (χ0n) is 17.7. The maximum absolute atomic E-state index is 13.3. The number of carbonyl (C=O) groups is 1. The van der Waals surface area contributed by atoms with Gasteiger partial charge >= 0.3 is 0 Å². The molecule has 9 nitrogen and oxygen atoms in total. The van der Waals surface area contributed by atoms with E-state index in [-0.39, 0.29) is 47.3 Å². The van der Waals surface area contributed by atoms with Gasteiger partial charge in [-0.15, -0.1) is 0 Å². The van der Waals surface area contributed by atoms with E-state index >= 15 is 0 Å². The van der Waals surface area contributed by atoms with Crippen molar-refractivity contribution in [1.29, 1.82) is 0 Å². The van der Waals surface area contributed by atoms with Gasteiger partial charge in [0, 0.05) is 23.6 Å². The summed E-state index contributed by atoms with van der Waals surface area (Å²) in [6, 6.07) is 4.81. The average molecular weight is 436 g/mol. The lowest BCUT2D eigenvalue weighted by Gasteiger charge is -2.41. The minimum Gasteiger partial charge on any atom is -0.838 e. The second-order valence-electron chi connectivity index (χ2n) is 8.60. The Balaban J connectivity index is 1.75. The number of carbonyl (C=O) groups excluding carboxylic acids is 1. The summed E-state index contributed by atoms with van der Waals surface area (Å²) in [4.78, 5) is 30.4. The fourth-order valence-corrected chi connectivity index (χ4v) is 5.23. The van der Waals surface area contributed by atoms with Gasteiger partial charge in [0.15, 0.2) is 0 Å². The highest BCUT2D eigenvalue weighted by molar-refractivity contribution is 6.05. The molecule has 0 bridgehead atoms. The van der Waals surface area contributed by atoms with E-state index in [0.717, 1.165) is 5.56 Å². The van der Waals surface area contributed by atoms with Crippen molar-refractivity contribution < 1.29 is 25.0 Å². The molecule has 3 atom stereocenters. The zero-order chi connectivity index (χ0) is 22.8. The number of aromatic hydroxyl groups is 1. The van der Waals surface area contributed by atoms with Gasteiger partial charge in [-0.1, -0.05) is 25.4 Å². The fraction of sp³-hybridized carbons (Fsp3) is 0.391. The third-order valence-electron chi connectivity index (χ3n) is 6.86. The second-order valence-corrected chi connectivity index (χ2v) is 8.60. The Morgan fingerprint density at radius 2 is 2.19 bits per heavy atom. The molecule has 9 heteroatoms. The Bertz CT molecular complexity index is 1280. The highest BCUT2D eigenvalue weighted by Gasteiger charge is 2.41. The van der Waals surface area contributed by atoms with E-state index in [0.29, 0.717) is 35.6 Å². The number of aliphatic imine (C=N–C) groups is 1. The summed E-state index contributed by atoms with van der Waals surface area (Å²) in [5.41, 5.74) is 0.940. The van der Waals surface area contributed by atoms with Crippen molar-refractivity contribution in [3.63, 3.8) is 0 Å². The number of hydrogen-bond donors (Lipinski definition) is 2. The molecule has 4 heterocycles. The van der Waals surface area contributed by atoms with Crippen LogP contribution in [0.2, 0.25) is 0 Å². The van der Waals surface area contributed by atoms with Crippen molar-refractivity contribution in [2.24, 2.45) is 16.1 Å². The van der Waals surface area contributed by atoms with Crippen LogP contribution in [0.1, 0.15) is 60.6 Å². The third kappa shape index (κ3) is 2.67. The van der Waals surface area contributed by atoms with Crippen molar-refractivity contribution >= 4 is 23.6 Å². The van der Waals surface area contributed by atoms with Crippen molar-refractivity contribution in [2.45, 2.75) is 51.4 Å². The molecule has 0 saturated heterocycles. The van der Waals surface area contributed by atoms with Gasteiger partial charge in [0.05, 0.1) is 28.9 Å². The number of fused-ring (bicyclic) bond motifs is 5. The molecule has 1 aromatic carbocycles. The number of phenols is 1. The number of phenolic OH excluding ortho intramolecular Hbond substituents is 1. The smallest absolute Gasteiger partial charge is 0.300 e. The number of esters is 1. The first kappa shape index (κ1) is 20.4. The molecule has 1 unspecified atom stereocenters. The van der Waals surface area contributed by atoms with E-state index in [2.05, 4.69) is 5.16 Å². The maximum atomic E-state index is 13.3. The standard InChI is InChI=1S/C23H22N3O6/c1-3-23(30)15-7-17-20-12(9-26(17)21(28)14(15)10-32-22(23)29)6-11(2)19-13(8-24-31)18(27)5-4-16(19)25-20/h4-5,7-8,11-12,27,31H,3,6,9-10H2,1-2H3/q-1/b24-8+/t11-,12?,23+/m1/s1. The van der Waals surface area contributed by atoms with Crippen LogP contribution in [-0.2, 0) is 28.3 Å². The van der Waals surface area contributed by atoms with Crippen LogP contribution in [-0.4, -0.2) is 32.8 Å². The molecule has 0 spiro atoms. The molecule has 0 saturated carbocycles. The molecule has 0 amide bonds. The van der Waals surface area contributed by atoms with Crippen molar-refractivity contribution in [1.82, 2.24) is 4.57 Å². The van der Waals surface area contributed by atoms with Gasteiger partial charge < -0.3 is 24.7 Å². The van der Waals surface area contributed by atoms with Gasteiger partial charge in [-0.05, 0) is 41.7 Å². The number of ether oxygens (including phenoxy) is 1. The molecule has 1 aromatic heterocycles. The molecule has 2 N–H and O–H groups in total. The molecule has 5 rings (SSSR count). The van der Waals surface area contributed by atoms with Gasteiger partial charge in [0.2, 0.25) is 0 Å². The highest BCUT2D eigenvalue weighted by Crippen LogP contribution is 2.43. The SMILES string of the molecule is CC[C@@]1([O-])C(=O)OCc2c1cc1n(c2=O)CC2C[C@@H](C)c3c(ccc(O)c3/C=N/O)N=C12. The van der Waals surface area contributed by atoms with Crippen LogP contribution in [0.4, 0.5) is 5.69 Å². The molecular formula is C23H22N3O6-. The van der Waals surface area contributed by atoms with E-state index in [4.69, 9.17) is 14.9 Å². The number of benzene rings is 1. The van der Waals surface area contributed by atoms with Gasteiger partial charge in [-0.25, -0.2) is 0 Å². The van der Waals surface area contributed by atoms with Crippen LogP contribution in [0.25, 0.3) is 0 Å². The average Bonchev–Trinajstić information content (AvgIpc) is 3.03. The summed E-state index contributed by atoms with van der Waals surface area (Å²) < 4.78 is 6.67. The van der Waals surface area contributed by atoms with Gasteiger partial charge in [-0.3, -0.25) is 14.6 Å². The lowest BCUT2D eigenvalue weighted by molar-refractivity contribution is -0.475. The molecule has 2 aromatic rings.